The molecular formula is C17H18ClNO3S. The normalized spacial score (nSPS) is 16.4. The number of amides is 1. The van der Waals surface area contributed by atoms with Gasteiger partial charge >= 0.3 is 0 Å². The lowest BCUT2D eigenvalue weighted by Gasteiger charge is -2.09. The lowest BCUT2D eigenvalue weighted by Crippen LogP contribution is -2.32. The first kappa shape index (κ1) is 16.3. The van der Waals surface area contributed by atoms with Gasteiger partial charge in [0.15, 0.2) is 5.76 Å². The van der Waals surface area contributed by atoms with Gasteiger partial charge in [0, 0.05) is 6.04 Å². The van der Waals surface area contributed by atoms with Crippen LogP contribution in [0.2, 0.25) is 5.02 Å². The van der Waals surface area contributed by atoms with Crippen molar-refractivity contribution in [2.24, 2.45) is 0 Å². The minimum absolute atomic E-state index is 0.195. The van der Waals surface area contributed by atoms with Crippen LogP contribution in [0.15, 0.2) is 45.7 Å². The second-order valence-electron chi connectivity index (χ2n) is 5.64. The van der Waals surface area contributed by atoms with Crippen molar-refractivity contribution in [3.05, 3.63) is 52.9 Å². The minimum Gasteiger partial charge on any atom is -0.455 e. The van der Waals surface area contributed by atoms with Crippen LogP contribution in [-0.2, 0) is 16.6 Å². The van der Waals surface area contributed by atoms with E-state index in [1.54, 1.807) is 36.4 Å². The third kappa shape index (κ3) is 4.03. The fourth-order valence-corrected chi connectivity index (χ4v) is 4.22. The van der Waals surface area contributed by atoms with Gasteiger partial charge in [0.05, 0.1) is 26.5 Å². The third-order valence-electron chi connectivity index (χ3n) is 3.93. The summed E-state index contributed by atoms with van der Waals surface area (Å²) in [5, 5.41) is 3.44. The molecule has 1 amide bonds. The van der Waals surface area contributed by atoms with E-state index in [1.807, 2.05) is 0 Å². The Morgan fingerprint density at radius 2 is 1.96 bits per heavy atom. The molecule has 0 unspecified atom stereocenters. The summed E-state index contributed by atoms with van der Waals surface area (Å²) in [5.74, 6) is 0.773. The van der Waals surface area contributed by atoms with Crippen molar-refractivity contribution < 1.29 is 13.4 Å². The summed E-state index contributed by atoms with van der Waals surface area (Å²) in [5.41, 5.74) is 0. The van der Waals surface area contributed by atoms with Crippen molar-refractivity contribution >= 4 is 28.3 Å². The first-order valence-electron chi connectivity index (χ1n) is 7.66. The first-order valence-corrected chi connectivity index (χ1v) is 9.35. The summed E-state index contributed by atoms with van der Waals surface area (Å²) >= 11 is 6.05. The van der Waals surface area contributed by atoms with Crippen molar-refractivity contribution in [1.29, 1.82) is 0 Å². The molecule has 1 atom stereocenters. The number of rotatable bonds is 5. The van der Waals surface area contributed by atoms with Gasteiger partial charge in [-0.25, -0.2) is 0 Å². The van der Waals surface area contributed by atoms with Crippen LogP contribution in [0.5, 0.6) is 0 Å². The molecule has 1 N–H and O–H groups in total. The summed E-state index contributed by atoms with van der Waals surface area (Å²) < 4.78 is 17.9. The second-order valence-corrected chi connectivity index (χ2v) is 7.47. The van der Waals surface area contributed by atoms with E-state index in [0.717, 1.165) is 25.7 Å². The molecule has 122 valence electrons. The number of furan rings is 1. The van der Waals surface area contributed by atoms with E-state index in [9.17, 15) is 9.00 Å². The lowest BCUT2D eigenvalue weighted by atomic mass is 10.2. The highest BCUT2D eigenvalue weighted by molar-refractivity contribution is 7.84. The smallest absolute Gasteiger partial charge is 0.287 e. The van der Waals surface area contributed by atoms with E-state index in [-0.39, 0.29) is 23.5 Å². The maximum Gasteiger partial charge on any atom is 0.287 e. The molecule has 23 heavy (non-hydrogen) atoms. The predicted octanol–water partition coefficient (Wildman–Crippen LogP) is 3.91. The molecule has 1 aliphatic rings. The van der Waals surface area contributed by atoms with E-state index in [4.69, 9.17) is 16.0 Å². The molecule has 0 bridgehead atoms. The van der Waals surface area contributed by atoms with Gasteiger partial charge in [0.1, 0.15) is 5.76 Å². The van der Waals surface area contributed by atoms with Crippen LogP contribution in [0.1, 0.15) is 42.0 Å². The SMILES string of the molecule is O=C(NC1CCCC1)c1ccc(C[S@@](=O)c2ccccc2Cl)o1. The van der Waals surface area contributed by atoms with Crippen molar-refractivity contribution in [2.75, 3.05) is 0 Å². The van der Waals surface area contributed by atoms with Gasteiger partial charge in [0.25, 0.3) is 5.91 Å². The zero-order valence-corrected chi connectivity index (χ0v) is 14.2. The fourth-order valence-electron chi connectivity index (χ4n) is 2.74. The predicted molar refractivity (Wildman–Crippen MR) is 90.0 cm³/mol. The summed E-state index contributed by atoms with van der Waals surface area (Å²) in [7, 11) is -1.31. The third-order valence-corrected chi connectivity index (χ3v) is 5.77. The molecule has 1 fully saturated rings. The number of nitrogens with one attached hydrogen (secondary N) is 1. The van der Waals surface area contributed by atoms with Gasteiger partial charge < -0.3 is 9.73 Å². The largest absolute Gasteiger partial charge is 0.455 e. The van der Waals surface area contributed by atoms with Gasteiger partial charge in [-0.2, -0.15) is 0 Å². The Balaban J connectivity index is 1.64. The second kappa shape index (κ2) is 7.32. The summed E-state index contributed by atoms with van der Waals surface area (Å²) in [6, 6.07) is 10.6. The molecule has 1 heterocycles. The highest BCUT2D eigenvalue weighted by Crippen LogP contribution is 2.22. The zero-order chi connectivity index (χ0) is 16.2. The molecule has 1 aliphatic carbocycles. The Kier molecular flexibility index (Phi) is 5.18. The van der Waals surface area contributed by atoms with Crippen LogP contribution < -0.4 is 5.32 Å². The van der Waals surface area contributed by atoms with Gasteiger partial charge in [-0.05, 0) is 37.1 Å². The van der Waals surface area contributed by atoms with Crippen LogP contribution in [-0.4, -0.2) is 16.2 Å². The Bertz CT molecular complexity index is 722. The van der Waals surface area contributed by atoms with E-state index < -0.39 is 10.8 Å². The van der Waals surface area contributed by atoms with Crippen LogP contribution in [0, 0.1) is 0 Å². The Labute approximate surface area is 142 Å². The van der Waals surface area contributed by atoms with Gasteiger partial charge in [0.2, 0.25) is 0 Å². The van der Waals surface area contributed by atoms with Crippen molar-refractivity contribution in [2.45, 2.75) is 42.4 Å². The van der Waals surface area contributed by atoms with Crippen molar-refractivity contribution in [3.8, 4) is 0 Å². The van der Waals surface area contributed by atoms with Crippen molar-refractivity contribution in [1.82, 2.24) is 5.32 Å². The Morgan fingerprint density at radius 1 is 1.22 bits per heavy atom. The van der Waals surface area contributed by atoms with Crippen LogP contribution in [0.25, 0.3) is 0 Å². The van der Waals surface area contributed by atoms with Gasteiger partial charge in [-0.3, -0.25) is 9.00 Å². The average Bonchev–Trinajstić information content (AvgIpc) is 3.19. The molecule has 2 aromatic rings. The number of carbonyl (C=O) groups is 1. The summed E-state index contributed by atoms with van der Waals surface area (Å²) in [4.78, 5) is 12.7. The van der Waals surface area contributed by atoms with E-state index in [1.165, 1.54) is 0 Å². The number of carbonyl (C=O) groups excluding carboxylic acids is 1. The van der Waals surface area contributed by atoms with Gasteiger partial charge in [-0.1, -0.05) is 36.6 Å². The molecule has 0 spiro atoms. The highest BCUT2D eigenvalue weighted by atomic mass is 35.5. The monoisotopic (exact) mass is 351 g/mol. The Morgan fingerprint density at radius 3 is 2.70 bits per heavy atom. The van der Waals surface area contributed by atoms with Gasteiger partial charge in [-0.15, -0.1) is 0 Å². The van der Waals surface area contributed by atoms with Crippen molar-refractivity contribution in [3.63, 3.8) is 0 Å². The minimum atomic E-state index is -1.31. The molecule has 0 aliphatic heterocycles. The van der Waals surface area contributed by atoms with E-state index in [0.29, 0.717) is 15.7 Å². The molecule has 0 radical (unpaired) electrons. The maximum absolute atomic E-state index is 12.4. The number of halogens is 1. The quantitative estimate of drug-likeness (QED) is 0.888. The molecule has 1 aromatic carbocycles. The molecule has 1 saturated carbocycles. The Hall–Kier alpha value is -1.59. The molecule has 3 rings (SSSR count). The average molecular weight is 352 g/mol. The van der Waals surface area contributed by atoms with Crippen LogP contribution in [0.3, 0.4) is 0 Å². The standard InChI is InChI=1S/C17H18ClNO3S/c18-14-7-3-4-8-16(14)23(21)11-13-9-10-15(22-13)17(20)19-12-5-1-2-6-12/h3-4,7-10,12H,1-2,5-6,11H2,(H,19,20)/t23-/m1/s1. The number of benzene rings is 1. The number of hydrogen-bond acceptors (Lipinski definition) is 3. The maximum atomic E-state index is 12.4. The highest BCUT2D eigenvalue weighted by Gasteiger charge is 2.20. The summed E-state index contributed by atoms with van der Waals surface area (Å²) in [6.45, 7) is 0. The fraction of sp³-hybridized carbons (Fsp3) is 0.353. The molecule has 4 nitrogen and oxygen atoms in total. The molecule has 1 aromatic heterocycles. The number of hydrogen-bond donors (Lipinski definition) is 1. The molecular weight excluding hydrogens is 334 g/mol. The first-order chi connectivity index (χ1) is 11.1. The van der Waals surface area contributed by atoms with Crippen LogP contribution in [0.4, 0.5) is 0 Å². The molecule has 6 heteroatoms. The zero-order valence-electron chi connectivity index (χ0n) is 12.6. The molecule has 0 saturated heterocycles. The van der Waals surface area contributed by atoms with Crippen LogP contribution >= 0.6 is 11.6 Å². The topological polar surface area (TPSA) is 59.3 Å². The lowest BCUT2D eigenvalue weighted by molar-refractivity contribution is 0.0908. The van der Waals surface area contributed by atoms with E-state index in [2.05, 4.69) is 5.32 Å². The van der Waals surface area contributed by atoms with E-state index >= 15 is 0 Å². The summed E-state index contributed by atoms with van der Waals surface area (Å²) in [6.07, 6.45) is 4.36.